The van der Waals surface area contributed by atoms with Gasteiger partial charge in [0.15, 0.2) is 0 Å². The Hall–Kier alpha value is -1.17. The first-order valence-electron chi connectivity index (χ1n) is 7.85. The summed E-state index contributed by atoms with van der Waals surface area (Å²) in [6, 6.07) is 21.8. The van der Waals surface area contributed by atoms with Crippen LogP contribution in [-0.2, 0) is 0 Å². The molecule has 1 aliphatic carbocycles. The molecule has 0 amide bonds. The van der Waals surface area contributed by atoms with Crippen LogP contribution < -0.4 is 10.6 Å². The second-order valence-electron chi connectivity index (χ2n) is 5.94. The van der Waals surface area contributed by atoms with Crippen LogP contribution in [0, 0.1) is 5.92 Å². The molecule has 2 aromatic rings. The maximum absolute atomic E-state index is 10.2. The number of hydrogen-bond donors (Lipinski definition) is 1. The van der Waals surface area contributed by atoms with Crippen LogP contribution in [0.2, 0.25) is 0 Å². The van der Waals surface area contributed by atoms with Crippen molar-refractivity contribution in [1.82, 2.24) is 0 Å². The topological polar surface area (TPSA) is 20.2 Å². The van der Waals surface area contributed by atoms with Gasteiger partial charge in [-0.3, -0.25) is 0 Å². The fourth-order valence-corrected chi connectivity index (χ4v) is 6.83. The van der Waals surface area contributed by atoms with Gasteiger partial charge < -0.3 is 5.11 Å². The Morgan fingerprint density at radius 1 is 0.905 bits per heavy atom. The molecule has 2 unspecified atom stereocenters. The van der Waals surface area contributed by atoms with Crippen molar-refractivity contribution in [1.29, 1.82) is 0 Å². The lowest BCUT2D eigenvalue weighted by Crippen LogP contribution is -2.30. The molecular formula is C19H23OP. The van der Waals surface area contributed by atoms with Crippen LogP contribution in [0.5, 0.6) is 0 Å². The third-order valence-corrected chi connectivity index (χ3v) is 7.56. The van der Waals surface area contributed by atoms with Crippen LogP contribution in [0.15, 0.2) is 60.7 Å². The summed E-state index contributed by atoms with van der Waals surface area (Å²) in [5, 5.41) is 13.1. The number of aliphatic hydroxyl groups is 1. The van der Waals surface area contributed by atoms with E-state index < -0.39 is 0 Å². The van der Waals surface area contributed by atoms with E-state index in [0.717, 1.165) is 0 Å². The lowest BCUT2D eigenvalue weighted by Gasteiger charge is -2.31. The molecule has 0 radical (unpaired) electrons. The van der Waals surface area contributed by atoms with E-state index in [1.807, 2.05) is 6.92 Å². The molecule has 2 heteroatoms. The van der Waals surface area contributed by atoms with Crippen molar-refractivity contribution < 1.29 is 5.11 Å². The van der Waals surface area contributed by atoms with Crippen molar-refractivity contribution in [3.8, 4) is 0 Å². The van der Waals surface area contributed by atoms with Gasteiger partial charge in [-0.2, -0.15) is 0 Å². The van der Waals surface area contributed by atoms with Crippen molar-refractivity contribution in [2.24, 2.45) is 5.92 Å². The largest absolute Gasteiger partial charge is 0.393 e. The molecular weight excluding hydrogens is 275 g/mol. The smallest absolute Gasteiger partial charge is 0.0546 e. The van der Waals surface area contributed by atoms with Gasteiger partial charge in [-0.25, -0.2) is 0 Å². The van der Waals surface area contributed by atoms with E-state index >= 15 is 0 Å². The Labute approximate surface area is 128 Å². The molecule has 0 heterocycles. The minimum Gasteiger partial charge on any atom is -0.393 e. The lowest BCUT2D eigenvalue weighted by molar-refractivity contribution is 0.131. The average Bonchev–Trinajstić information content (AvgIpc) is 2.99. The van der Waals surface area contributed by atoms with Gasteiger partial charge in [-0.05, 0) is 49.9 Å². The molecule has 1 N–H and O–H groups in total. The van der Waals surface area contributed by atoms with E-state index in [9.17, 15) is 5.11 Å². The van der Waals surface area contributed by atoms with Crippen molar-refractivity contribution >= 4 is 18.5 Å². The third kappa shape index (κ3) is 3.20. The van der Waals surface area contributed by atoms with Crippen molar-refractivity contribution in [3.63, 3.8) is 0 Å². The second-order valence-corrected chi connectivity index (χ2v) is 8.38. The fraction of sp³-hybridized carbons (Fsp3) is 0.368. The molecule has 0 aliphatic heterocycles. The summed E-state index contributed by atoms with van der Waals surface area (Å²) < 4.78 is 0. The Kier molecular flexibility index (Phi) is 4.73. The van der Waals surface area contributed by atoms with Gasteiger partial charge in [0.25, 0.3) is 0 Å². The molecule has 0 bridgehead atoms. The first-order valence-corrected chi connectivity index (χ1v) is 9.26. The van der Waals surface area contributed by atoms with Gasteiger partial charge in [-0.15, -0.1) is 0 Å². The fourth-order valence-electron chi connectivity index (χ4n) is 3.56. The summed E-state index contributed by atoms with van der Waals surface area (Å²) in [5.41, 5.74) is 0.602. The van der Waals surface area contributed by atoms with E-state index in [-0.39, 0.29) is 14.0 Å². The van der Waals surface area contributed by atoms with Crippen LogP contribution in [0.1, 0.15) is 26.2 Å². The minimum atomic E-state index is -0.384. The van der Waals surface area contributed by atoms with Gasteiger partial charge in [0.2, 0.25) is 0 Å². The van der Waals surface area contributed by atoms with E-state index in [1.54, 1.807) is 0 Å². The Morgan fingerprint density at radius 3 is 1.90 bits per heavy atom. The summed E-state index contributed by atoms with van der Waals surface area (Å²) in [4.78, 5) is 0. The SMILES string of the molecule is C[C@@H](O)C1CCCC1P(c1ccccc1)c1ccccc1. The summed E-state index contributed by atoms with van der Waals surface area (Å²) in [6.07, 6.45) is 3.46. The van der Waals surface area contributed by atoms with Crippen LogP contribution in [-0.4, -0.2) is 16.9 Å². The Balaban J connectivity index is 2.01. The maximum atomic E-state index is 10.2. The third-order valence-electron chi connectivity index (χ3n) is 4.55. The van der Waals surface area contributed by atoms with Crippen LogP contribution in [0.3, 0.4) is 0 Å². The molecule has 0 aromatic heterocycles. The van der Waals surface area contributed by atoms with Crippen LogP contribution in [0.25, 0.3) is 0 Å². The molecule has 21 heavy (non-hydrogen) atoms. The molecule has 1 nitrogen and oxygen atoms in total. The molecule has 1 aliphatic rings. The van der Waals surface area contributed by atoms with Gasteiger partial charge in [-0.1, -0.05) is 67.1 Å². The van der Waals surface area contributed by atoms with Gasteiger partial charge in [0, 0.05) is 0 Å². The zero-order chi connectivity index (χ0) is 14.7. The second kappa shape index (κ2) is 6.73. The van der Waals surface area contributed by atoms with Crippen molar-refractivity contribution in [3.05, 3.63) is 60.7 Å². The Bertz CT molecular complexity index is 513. The predicted molar refractivity (Wildman–Crippen MR) is 91.9 cm³/mol. The molecule has 3 atom stereocenters. The highest BCUT2D eigenvalue weighted by Crippen LogP contribution is 2.50. The minimum absolute atomic E-state index is 0.199. The number of aliphatic hydroxyl groups excluding tert-OH is 1. The zero-order valence-corrected chi connectivity index (χ0v) is 13.4. The van der Waals surface area contributed by atoms with E-state index in [0.29, 0.717) is 11.6 Å². The molecule has 3 rings (SSSR count). The number of rotatable bonds is 4. The van der Waals surface area contributed by atoms with Gasteiger partial charge >= 0.3 is 0 Å². The monoisotopic (exact) mass is 298 g/mol. The normalized spacial score (nSPS) is 23.4. The average molecular weight is 298 g/mol. The summed E-state index contributed by atoms with van der Waals surface area (Å²) in [5.74, 6) is 0.441. The van der Waals surface area contributed by atoms with Crippen molar-refractivity contribution in [2.45, 2.75) is 37.9 Å². The van der Waals surface area contributed by atoms with Crippen LogP contribution >= 0.6 is 7.92 Å². The number of benzene rings is 2. The summed E-state index contributed by atoms with van der Waals surface area (Å²) >= 11 is 0. The molecule has 110 valence electrons. The highest BCUT2D eigenvalue weighted by molar-refractivity contribution is 7.73. The molecule has 1 fully saturated rings. The predicted octanol–water partition coefficient (Wildman–Crippen LogP) is 3.67. The quantitative estimate of drug-likeness (QED) is 0.854. The van der Waals surface area contributed by atoms with Gasteiger partial charge in [0.1, 0.15) is 0 Å². The highest BCUT2D eigenvalue weighted by atomic mass is 31.1. The van der Waals surface area contributed by atoms with Crippen LogP contribution in [0.4, 0.5) is 0 Å². The first kappa shape index (κ1) is 14.8. The van der Waals surface area contributed by atoms with E-state index in [2.05, 4.69) is 60.7 Å². The molecule has 0 saturated heterocycles. The molecule has 0 spiro atoms. The standard InChI is InChI=1S/C19H23OP/c1-15(20)18-13-8-14-19(18)21(16-9-4-2-5-10-16)17-11-6-3-7-12-17/h2-7,9-12,15,18-20H,8,13-14H2,1H3/t15-,18?,19?/m1/s1. The van der Waals surface area contributed by atoms with E-state index in [1.165, 1.54) is 29.9 Å². The summed E-state index contributed by atoms with van der Waals surface area (Å²) in [6.45, 7) is 1.96. The zero-order valence-electron chi connectivity index (χ0n) is 12.5. The van der Waals surface area contributed by atoms with Crippen molar-refractivity contribution in [2.75, 3.05) is 0 Å². The molecule has 2 aromatic carbocycles. The molecule has 1 saturated carbocycles. The highest BCUT2D eigenvalue weighted by Gasteiger charge is 2.37. The Morgan fingerprint density at radius 2 is 1.43 bits per heavy atom. The van der Waals surface area contributed by atoms with Gasteiger partial charge in [0.05, 0.1) is 6.10 Å². The summed E-state index contributed by atoms with van der Waals surface area (Å²) in [7, 11) is -0.384. The first-order chi connectivity index (χ1) is 10.3. The lowest BCUT2D eigenvalue weighted by atomic mass is 10.0. The van der Waals surface area contributed by atoms with E-state index in [4.69, 9.17) is 0 Å². The maximum Gasteiger partial charge on any atom is 0.0546 e. The number of hydrogen-bond acceptors (Lipinski definition) is 1.